The van der Waals surface area contributed by atoms with Crippen molar-refractivity contribution in [1.29, 1.82) is 0 Å². The Morgan fingerprint density at radius 2 is 1.35 bits per heavy atom. The van der Waals surface area contributed by atoms with E-state index in [1.54, 1.807) is 6.07 Å². The molecule has 2 saturated heterocycles. The second kappa shape index (κ2) is 11.1. The molecule has 0 amide bonds. The average molecular weight is 667 g/mol. The molecular weight excluding hydrogens is 616 g/mol. The molecule has 0 radical (unpaired) electrons. The number of piperidine rings is 2. The van der Waals surface area contributed by atoms with Gasteiger partial charge in [0.25, 0.3) is 0 Å². The predicted octanol–water partition coefficient (Wildman–Crippen LogP) is 6.46. The summed E-state index contributed by atoms with van der Waals surface area (Å²) in [5, 5.41) is 10.4. The third kappa shape index (κ3) is 4.25. The SMILES string of the molecule is C.C=C(C)OC1=CCC2C3Cc4ccc(O)c5c4C2(CCN3C)C1O5.CC(=O)OC1=CCC2C3Cc4ccc(C)c5c4C2(CCN3C)C1O5. The standard InChI is InChI=1S/2C20H23NO3.CH4/c1-11(2)23-16-7-5-13-14-10-12-4-6-15(22)18-17(12)20(13,19(16)24-18)8-9-21(14)3;1-11-4-5-13-10-15-14-6-7-16(23-12(2)22)19-20(14,8-9-21(15)3)17(13)18(11)24-19;/h4,6-7,13-14,19,22H,1,5,8-10H2,2-3H3;4-5,7,14-15,19H,6,8-10H2,1-3H3;1H4. The number of aryl methyl sites for hydroxylation is 1. The predicted molar refractivity (Wildman–Crippen MR) is 188 cm³/mol. The van der Waals surface area contributed by atoms with Crippen molar-refractivity contribution in [2.45, 2.75) is 102 Å². The van der Waals surface area contributed by atoms with Crippen LogP contribution in [0.2, 0.25) is 0 Å². The minimum atomic E-state index is -0.257. The van der Waals surface area contributed by atoms with Crippen molar-refractivity contribution in [3.63, 3.8) is 0 Å². The summed E-state index contributed by atoms with van der Waals surface area (Å²) < 4.78 is 24.4. The second-order valence-electron chi connectivity index (χ2n) is 15.6. The van der Waals surface area contributed by atoms with Gasteiger partial charge in [0.1, 0.15) is 17.3 Å². The molecule has 8 nitrogen and oxygen atoms in total. The van der Waals surface area contributed by atoms with Crippen molar-refractivity contribution in [1.82, 2.24) is 9.80 Å². The summed E-state index contributed by atoms with van der Waals surface area (Å²) >= 11 is 0. The molecule has 1 N–H and O–H groups in total. The smallest absolute Gasteiger partial charge is 0.307 e. The summed E-state index contributed by atoms with van der Waals surface area (Å²) in [5.74, 6) is 5.05. The van der Waals surface area contributed by atoms with Gasteiger partial charge in [0.15, 0.2) is 23.7 Å². The summed E-state index contributed by atoms with van der Waals surface area (Å²) in [4.78, 5) is 16.6. The van der Waals surface area contributed by atoms with Gasteiger partial charge in [-0.05, 0) is 126 Å². The van der Waals surface area contributed by atoms with E-state index < -0.39 is 0 Å². The van der Waals surface area contributed by atoms with Gasteiger partial charge < -0.3 is 33.9 Å². The fourth-order valence-corrected chi connectivity index (χ4v) is 11.3. The van der Waals surface area contributed by atoms with Crippen LogP contribution in [0.15, 0.2) is 60.3 Å². The first-order valence-corrected chi connectivity index (χ1v) is 17.7. The van der Waals surface area contributed by atoms with E-state index in [9.17, 15) is 9.90 Å². The summed E-state index contributed by atoms with van der Waals surface area (Å²) in [6, 6.07) is 9.39. The molecule has 0 aromatic heterocycles. The zero-order valence-electron chi connectivity index (χ0n) is 28.7. The molecule has 2 spiro atoms. The number of esters is 1. The fourth-order valence-electron chi connectivity index (χ4n) is 11.3. The normalized spacial score (nSPS) is 35.0. The monoisotopic (exact) mass is 666 g/mol. The first kappa shape index (κ1) is 32.5. The first-order chi connectivity index (χ1) is 23.0. The number of phenols is 1. The molecule has 8 aliphatic rings. The Morgan fingerprint density at radius 3 is 1.90 bits per heavy atom. The molecule has 260 valence electrons. The minimum absolute atomic E-state index is 0. The van der Waals surface area contributed by atoms with Crippen molar-refractivity contribution < 1.29 is 28.8 Å². The molecule has 4 aliphatic carbocycles. The van der Waals surface area contributed by atoms with Crippen molar-refractivity contribution in [2.75, 3.05) is 27.2 Å². The molecular formula is C41H50N2O6. The van der Waals surface area contributed by atoms with Crippen LogP contribution in [0, 0.1) is 18.8 Å². The molecule has 0 saturated carbocycles. The first-order valence-electron chi connectivity index (χ1n) is 17.7. The number of aromatic hydroxyl groups is 1. The Hall–Kier alpha value is -3.75. The summed E-state index contributed by atoms with van der Waals surface area (Å²) in [6.07, 6.45) is 10.2. The molecule has 2 fully saturated rings. The van der Waals surface area contributed by atoms with Gasteiger partial charge in [-0.1, -0.05) is 32.2 Å². The fraction of sp³-hybridized carbons (Fsp3) is 0.537. The molecule has 2 aromatic carbocycles. The molecule has 4 heterocycles. The van der Waals surface area contributed by atoms with Crippen LogP contribution < -0.4 is 9.47 Å². The van der Waals surface area contributed by atoms with E-state index >= 15 is 0 Å². The second-order valence-corrected chi connectivity index (χ2v) is 15.6. The Bertz CT molecular complexity index is 1700. The van der Waals surface area contributed by atoms with Gasteiger partial charge in [-0.25, -0.2) is 0 Å². The molecule has 8 heteroatoms. The van der Waals surface area contributed by atoms with Crippen LogP contribution >= 0.6 is 0 Å². The lowest BCUT2D eigenvalue weighted by Gasteiger charge is -2.56. The molecule has 10 rings (SSSR count). The van der Waals surface area contributed by atoms with Crippen LogP contribution in [-0.4, -0.2) is 72.4 Å². The van der Waals surface area contributed by atoms with Gasteiger partial charge in [0.2, 0.25) is 0 Å². The quantitative estimate of drug-likeness (QED) is 0.296. The number of carbonyl (C=O) groups excluding carboxylic acids is 1. The molecule has 4 bridgehead atoms. The van der Waals surface area contributed by atoms with Gasteiger partial charge >= 0.3 is 5.97 Å². The molecule has 2 aromatic rings. The van der Waals surface area contributed by atoms with Gasteiger partial charge in [0.05, 0.1) is 5.76 Å². The largest absolute Gasteiger partial charge is 0.504 e. The number of hydrogen-bond acceptors (Lipinski definition) is 8. The summed E-state index contributed by atoms with van der Waals surface area (Å²) in [7, 11) is 4.48. The van der Waals surface area contributed by atoms with Gasteiger partial charge in [0, 0.05) is 41.0 Å². The summed E-state index contributed by atoms with van der Waals surface area (Å²) in [5.41, 5.74) is 6.52. The van der Waals surface area contributed by atoms with Crippen LogP contribution in [0.1, 0.15) is 74.8 Å². The Balaban J connectivity index is 0.000000139. The van der Waals surface area contributed by atoms with Crippen LogP contribution in [0.4, 0.5) is 0 Å². The van der Waals surface area contributed by atoms with Crippen LogP contribution in [-0.2, 0) is 37.9 Å². The Morgan fingerprint density at radius 1 is 0.837 bits per heavy atom. The lowest BCUT2D eigenvalue weighted by Crippen LogP contribution is -2.63. The third-order valence-electron chi connectivity index (χ3n) is 13.2. The number of allylic oxidation sites excluding steroid dienone is 3. The number of carbonyl (C=O) groups is 1. The highest BCUT2D eigenvalue weighted by Crippen LogP contribution is 2.65. The van der Waals surface area contributed by atoms with Gasteiger partial charge in [-0.15, -0.1) is 0 Å². The maximum Gasteiger partial charge on any atom is 0.307 e. The van der Waals surface area contributed by atoms with E-state index in [0.717, 1.165) is 68.9 Å². The molecule has 8 atom stereocenters. The molecule has 4 aliphatic heterocycles. The lowest BCUT2D eigenvalue weighted by atomic mass is 9.53. The van der Waals surface area contributed by atoms with E-state index in [0.29, 0.717) is 35.4 Å². The highest BCUT2D eigenvalue weighted by molar-refractivity contribution is 5.68. The number of likely N-dealkylation sites (tertiary alicyclic amines) is 2. The third-order valence-corrected chi connectivity index (χ3v) is 13.2. The van der Waals surface area contributed by atoms with Crippen LogP contribution in [0.3, 0.4) is 0 Å². The van der Waals surface area contributed by atoms with Crippen LogP contribution in [0.5, 0.6) is 17.2 Å². The maximum absolute atomic E-state index is 11.6. The summed E-state index contributed by atoms with van der Waals surface area (Å²) in [6.45, 7) is 11.5. The van der Waals surface area contributed by atoms with E-state index in [1.165, 1.54) is 34.7 Å². The number of ether oxygens (including phenoxy) is 4. The van der Waals surface area contributed by atoms with E-state index in [-0.39, 0.29) is 42.2 Å². The lowest BCUT2D eigenvalue weighted by molar-refractivity contribution is -0.140. The maximum atomic E-state index is 11.6. The van der Waals surface area contributed by atoms with Crippen molar-refractivity contribution in [3.8, 4) is 17.2 Å². The Labute approximate surface area is 290 Å². The number of nitrogens with zero attached hydrogens (tertiary/aromatic N) is 2. The van der Waals surface area contributed by atoms with Crippen molar-refractivity contribution in [3.05, 3.63) is 88.1 Å². The number of hydrogen-bond donors (Lipinski definition) is 1. The van der Waals surface area contributed by atoms with Crippen molar-refractivity contribution >= 4 is 5.97 Å². The minimum Gasteiger partial charge on any atom is -0.504 e. The van der Waals surface area contributed by atoms with E-state index in [4.69, 9.17) is 18.9 Å². The van der Waals surface area contributed by atoms with E-state index in [1.807, 2.05) is 6.92 Å². The van der Waals surface area contributed by atoms with Gasteiger partial charge in [-0.2, -0.15) is 0 Å². The zero-order valence-corrected chi connectivity index (χ0v) is 28.7. The average Bonchev–Trinajstić information content (AvgIpc) is 3.59. The Kier molecular flexibility index (Phi) is 7.37. The van der Waals surface area contributed by atoms with Crippen molar-refractivity contribution in [2.24, 2.45) is 11.8 Å². The molecule has 8 unspecified atom stereocenters. The van der Waals surface area contributed by atoms with Crippen LogP contribution in [0.25, 0.3) is 0 Å². The van der Waals surface area contributed by atoms with Gasteiger partial charge in [-0.3, -0.25) is 4.79 Å². The highest BCUT2D eigenvalue weighted by Gasteiger charge is 2.66. The number of rotatable bonds is 3. The number of phenolic OH excluding ortho intramolecular Hbond substituents is 1. The molecule has 49 heavy (non-hydrogen) atoms. The highest BCUT2D eigenvalue weighted by atomic mass is 16.6. The van der Waals surface area contributed by atoms with E-state index in [2.05, 4.69) is 67.7 Å². The number of likely N-dealkylation sites (N-methyl/N-ethyl adjacent to an activating group) is 2. The topological polar surface area (TPSA) is 80.7 Å². The number of benzene rings is 2. The zero-order chi connectivity index (χ0) is 33.3.